The van der Waals surface area contributed by atoms with Crippen LogP contribution in [0.5, 0.6) is 0 Å². The van der Waals surface area contributed by atoms with Crippen molar-refractivity contribution < 1.29 is 0 Å². The second-order valence-electron chi connectivity index (χ2n) is 5.22. The molecule has 0 bridgehead atoms. The fourth-order valence-electron chi connectivity index (χ4n) is 2.37. The highest BCUT2D eigenvalue weighted by atomic mass is 15.0. The predicted octanol–water partition coefficient (Wildman–Crippen LogP) is 2.09. The van der Waals surface area contributed by atoms with Gasteiger partial charge in [0.05, 0.1) is 11.5 Å². The third-order valence-electron chi connectivity index (χ3n) is 3.47. The van der Waals surface area contributed by atoms with E-state index in [9.17, 15) is 0 Å². The summed E-state index contributed by atoms with van der Waals surface area (Å²) >= 11 is 0. The van der Waals surface area contributed by atoms with Crippen molar-refractivity contribution in [3.8, 4) is 6.07 Å². The lowest BCUT2D eigenvalue weighted by Crippen LogP contribution is -2.50. The van der Waals surface area contributed by atoms with Crippen molar-refractivity contribution >= 4 is 0 Å². The van der Waals surface area contributed by atoms with Crippen LogP contribution in [0.4, 0.5) is 0 Å². The highest BCUT2D eigenvalue weighted by molar-refractivity contribution is 5.13. The molecule has 0 amide bonds. The minimum Gasteiger partial charge on any atom is -0.312 e. The van der Waals surface area contributed by atoms with Gasteiger partial charge in [0, 0.05) is 12.6 Å². The van der Waals surface area contributed by atoms with E-state index in [1.54, 1.807) is 0 Å². The fraction of sp³-hybridized carbons (Fsp3) is 0.750. The summed E-state index contributed by atoms with van der Waals surface area (Å²) in [7, 11) is 0. The van der Waals surface area contributed by atoms with Gasteiger partial charge >= 0.3 is 0 Å². The van der Waals surface area contributed by atoms with Crippen molar-refractivity contribution in [2.75, 3.05) is 6.54 Å². The van der Waals surface area contributed by atoms with E-state index in [0.717, 1.165) is 18.4 Å². The van der Waals surface area contributed by atoms with E-state index < -0.39 is 0 Å². The molecule has 2 nitrogen and oxygen atoms in total. The molecule has 76 valence electrons. The van der Waals surface area contributed by atoms with Gasteiger partial charge in [-0.3, -0.25) is 0 Å². The van der Waals surface area contributed by atoms with Gasteiger partial charge < -0.3 is 5.32 Å². The number of nitriles is 1. The molecule has 3 atom stereocenters. The molecule has 0 aromatic heterocycles. The number of nitrogens with one attached hydrogen (secondary N) is 1. The zero-order valence-electron chi connectivity index (χ0n) is 8.96. The molecule has 0 aromatic carbocycles. The molecule has 1 fully saturated rings. The van der Waals surface area contributed by atoms with Gasteiger partial charge in [-0.15, -0.1) is 0 Å². The Morgan fingerprint density at radius 2 is 2.36 bits per heavy atom. The molecule has 0 aliphatic heterocycles. The molecule has 1 N–H and O–H groups in total. The maximum Gasteiger partial charge on any atom is 0.0697 e. The van der Waals surface area contributed by atoms with Crippen LogP contribution in [0, 0.1) is 28.6 Å². The van der Waals surface area contributed by atoms with Crippen LogP contribution in [0.25, 0.3) is 0 Å². The molecular weight excluding hydrogens is 172 g/mol. The maximum atomic E-state index is 8.88. The number of allylic oxidation sites excluding steroid dienone is 1. The molecule has 3 unspecified atom stereocenters. The number of fused-ring (bicyclic) bond motifs is 1. The first kappa shape index (κ1) is 9.73. The Hall–Kier alpha value is -0.810. The van der Waals surface area contributed by atoms with Gasteiger partial charge in [-0.2, -0.15) is 5.26 Å². The van der Waals surface area contributed by atoms with Gasteiger partial charge in [-0.1, -0.05) is 12.2 Å². The Morgan fingerprint density at radius 1 is 1.57 bits per heavy atom. The minimum atomic E-state index is -0.229. The average molecular weight is 190 g/mol. The molecule has 0 saturated heterocycles. The van der Waals surface area contributed by atoms with E-state index in [1.807, 2.05) is 13.8 Å². The van der Waals surface area contributed by atoms with Crippen LogP contribution < -0.4 is 5.32 Å². The zero-order chi connectivity index (χ0) is 10.2. The summed E-state index contributed by atoms with van der Waals surface area (Å²) in [6.45, 7) is 4.78. The zero-order valence-corrected chi connectivity index (χ0v) is 8.96. The first-order chi connectivity index (χ1) is 6.62. The van der Waals surface area contributed by atoms with Gasteiger partial charge in [-0.05, 0) is 38.5 Å². The Balaban J connectivity index is 1.78. The molecular formula is C12H18N2. The van der Waals surface area contributed by atoms with Crippen LogP contribution >= 0.6 is 0 Å². The number of rotatable bonds is 3. The Bertz CT molecular complexity index is 285. The summed E-state index contributed by atoms with van der Waals surface area (Å²) in [5.41, 5.74) is -0.229. The summed E-state index contributed by atoms with van der Waals surface area (Å²) in [6, 6.07) is 2.95. The van der Waals surface area contributed by atoms with Crippen molar-refractivity contribution in [1.82, 2.24) is 5.32 Å². The van der Waals surface area contributed by atoms with Crippen molar-refractivity contribution in [2.24, 2.45) is 17.3 Å². The molecule has 2 heteroatoms. The van der Waals surface area contributed by atoms with E-state index in [2.05, 4.69) is 23.5 Å². The lowest BCUT2D eigenvalue weighted by molar-refractivity contribution is 0.155. The predicted molar refractivity (Wildman–Crippen MR) is 56.5 cm³/mol. The molecule has 14 heavy (non-hydrogen) atoms. The highest BCUT2D eigenvalue weighted by Crippen LogP contribution is 2.42. The summed E-state index contributed by atoms with van der Waals surface area (Å²) < 4.78 is 0. The van der Waals surface area contributed by atoms with Crippen LogP contribution in [0.1, 0.15) is 26.7 Å². The third kappa shape index (κ3) is 1.69. The van der Waals surface area contributed by atoms with Crippen LogP contribution in [-0.4, -0.2) is 12.6 Å². The first-order valence-electron chi connectivity index (χ1n) is 5.44. The minimum absolute atomic E-state index is 0.229. The number of hydrogen-bond acceptors (Lipinski definition) is 2. The van der Waals surface area contributed by atoms with Gasteiger partial charge in [0.2, 0.25) is 0 Å². The van der Waals surface area contributed by atoms with E-state index in [1.165, 1.54) is 12.8 Å². The molecule has 0 heterocycles. The monoisotopic (exact) mass is 190 g/mol. The normalized spacial score (nSPS) is 34.8. The van der Waals surface area contributed by atoms with Crippen LogP contribution in [0.3, 0.4) is 0 Å². The topological polar surface area (TPSA) is 35.8 Å². The largest absolute Gasteiger partial charge is 0.312 e. The second kappa shape index (κ2) is 3.40. The Labute approximate surface area is 86.0 Å². The van der Waals surface area contributed by atoms with Crippen molar-refractivity contribution in [3.05, 3.63) is 12.2 Å². The van der Waals surface area contributed by atoms with E-state index in [0.29, 0.717) is 6.04 Å². The van der Waals surface area contributed by atoms with E-state index >= 15 is 0 Å². The van der Waals surface area contributed by atoms with Gasteiger partial charge in [0.1, 0.15) is 0 Å². The molecule has 2 aliphatic carbocycles. The smallest absolute Gasteiger partial charge is 0.0697 e. The molecule has 2 rings (SSSR count). The van der Waals surface area contributed by atoms with Crippen molar-refractivity contribution in [1.29, 1.82) is 5.26 Å². The third-order valence-corrected chi connectivity index (χ3v) is 3.47. The summed E-state index contributed by atoms with van der Waals surface area (Å²) in [5.74, 6) is 1.65. The molecule has 0 radical (unpaired) electrons. The van der Waals surface area contributed by atoms with Crippen LogP contribution in [-0.2, 0) is 0 Å². The quantitative estimate of drug-likeness (QED) is 0.692. The van der Waals surface area contributed by atoms with Gasteiger partial charge in [0.15, 0.2) is 0 Å². The summed E-state index contributed by atoms with van der Waals surface area (Å²) in [4.78, 5) is 0. The van der Waals surface area contributed by atoms with Crippen LogP contribution in [0.2, 0.25) is 0 Å². The lowest BCUT2D eigenvalue weighted by atomic mass is 9.71. The molecule has 0 aromatic rings. The number of nitrogens with zero attached hydrogens (tertiary/aromatic N) is 1. The Morgan fingerprint density at radius 3 is 3.00 bits per heavy atom. The Kier molecular flexibility index (Phi) is 2.36. The van der Waals surface area contributed by atoms with Crippen LogP contribution in [0.15, 0.2) is 12.2 Å². The molecule has 2 aliphatic rings. The maximum absolute atomic E-state index is 8.88. The second-order valence-corrected chi connectivity index (χ2v) is 5.22. The summed E-state index contributed by atoms with van der Waals surface area (Å²) in [6.07, 6.45) is 7.20. The first-order valence-corrected chi connectivity index (χ1v) is 5.44. The molecule has 0 spiro atoms. The van der Waals surface area contributed by atoms with E-state index in [-0.39, 0.29) is 5.41 Å². The van der Waals surface area contributed by atoms with Gasteiger partial charge in [-0.25, -0.2) is 0 Å². The average Bonchev–Trinajstić information content (AvgIpc) is 2.48. The van der Waals surface area contributed by atoms with Crippen molar-refractivity contribution in [3.63, 3.8) is 0 Å². The van der Waals surface area contributed by atoms with E-state index in [4.69, 9.17) is 5.26 Å². The number of hydrogen-bond donors (Lipinski definition) is 1. The highest BCUT2D eigenvalue weighted by Gasteiger charge is 2.41. The van der Waals surface area contributed by atoms with Crippen molar-refractivity contribution in [2.45, 2.75) is 32.7 Å². The van der Waals surface area contributed by atoms with Gasteiger partial charge in [0.25, 0.3) is 0 Å². The standard InChI is InChI=1S/C12H18N2/c1-12(2,7-13)8-14-11-6-9-4-3-5-10(9)11/h3,5,9-11,14H,4,6,8H2,1-2H3. The fourth-order valence-corrected chi connectivity index (χ4v) is 2.37. The summed E-state index contributed by atoms with van der Waals surface area (Å²) in [5, 5.41) is 12.4. The lowest BCUT2D eigenvalue weighted by Gasteiger charge is -2.41. The SMILES string of the molecule is CC(C)(C#N)CNC1CC2CC=CC21. The molecule has 1 saturated carbocycles.